The van der Waals surface area contributed by atoms with E-state index in [-0.39, 0.29) is 16.8 Å². The van der Waals surface area contributed by atoms with E-state index in [1.165, 1.54) is 29.7 Å². The van der Waals surface area contributed by atoms with E-state index >= 15 is 0 Å². The molecule has 1 aliphatic rings. The predicted molar refractivity (Wildman–Crippen MR) is 77.3 cm³/mol. The molecule has 1 atom stereocenters. The van der Waals surface area contributed by atoms with E-state index in [1.807, 2.05) is 6.92 Å². The van der Waals surface area contributed by atoms with Crippen molar-refractivity contribution in [2.45, 2.75) is 43.5 Å². The second kappa shape index (κ2) is 5.77. The summed E-state index contributed by atoms with van der Waals surface area (Å²) >= 11 is 0. The maximum absolute atomic E-state index is 12.2. The Morgan fingerprint density at radius 1 is 1.55 bits per heavy atom. The Hall–Kier alpha value is -1.01. The van der Waals surface area contributed by atoms with Gasteiger partial charge in [-0.3, -0.25) is 4.79 Å². The third-order valence-electron chi connectivity index (χ3n) is 3.64. The Morgan fingerprint density at radius 2 is 2.20 bits per heavy atom. The van der Waals surface area contributed by atoms with Crippen LogP contribution in [-0.4, -0.2) is 24.9 Å². The highest BCUT2D eigenvalue weighted by atomic mass is 35.7. The van der Waals surface area contributed by atoms with Crippen LogP contribution in [0.3, 0.4) is 0 Å². The molecule has 1 aromatic heterocycles. The standard InChI is InChI=1S/C13H19ClN2O3S/c1-3-10(6-9-4-5-9)15-13(17)12-7-11(8-16(12)2)20(14,18)19/h7-10H,3-6H2,1-2H3,(H,15,17). The lowest BCUT2D eigenvalue weighted by molar-refractivity contribution is 0.0924. The number of rotatable bonds is 6. The Kier molecular flexibility index (Phi) is 4.44. The van der Waals surface area contributed by atoms with Crippen LogP contribution in [0.4, 0.5) is 0 Å². The number of aryl methyl sites for hydroxylation is 1. The smallest absolute Gasteiger partial charge is 0.268 e. The highest BCUT2D eigenvalue weighted by Gasteiger charge is 2.26. The second-order valence-electron chi connectivity index (χ2n) is 5.37. The van der Waals surface area contributed by atoms with Crippen LogP contribution in [0, 0.1) is 5.92 Å². The lowest BCUT2D eigenvalue weighted by atomic mass is 10.1. The molecule has 1 heterocycles. The van der Waals surface area contributed by atoms with E-state index in [9.17, 15) is 13.2 Å². The van der Waals surface area contributed by atoms with Crippen LogP contribution in [0.1, 0.15) is 43.1 Å². The molecular formula is C13H19ClN2O3S. The first-order valence-corrected chi connectivity index (χ1v) is 9.04. The van der Waals surface area contributed by atoms with Crippen LogP contribution < -0.4 is 5.32 Å². The number of nitrogens with zero attached hydrogens (tertiary/aromatic N) is 1. The molecule has 2 rings (SSSR count). The minimum absolute atomic E-state index is 0.0536. The number of carbonyl (C=O) groups excluding carboxylic acids is 1. The summed E-state index contributed by atoms with van der Waals surface area (Å²) in [6, 6.07) is 1.45. The molecular weight excluding hydrogens is 300 g/mol. The van der Waals surface area contributed by atoms with Gasteiger partial charge < -0.3 is 9.88 Å². The average molecular weight is 319 g/mol. The van der Waals surface area contributed by atoms with Gasteiger partial charge in [-0.05, 0) is 24.8 Å². The Balaban J connectivity index is 2.10. The molecule has 5 nitrogen and oxygen atoms in total. The lowest BCUT2D eigenvalue weighted by Gasteiger charge is -2.16. The quantitative estimate of drug-likeness (QED) is 0.818. The highest BCUT2D eigenvalue weighted by Crippen LogP contribution is 2.34. The van der Waals surface area contributed by atoms with E-state index < -0.39 is 9.05 Å². The fourth-order valence-corrected chi connectivity index (χ4v) is 3.03. The van der Waals surface area contributed by atoms with Crippen molar-refractivity contribution in [2.75, 3.05) is 0 Å². The van der Waals surface area contributed by atoms with E-state index in [0.29, 0.717) is 5.69 Å². The average Bonchev–Trinajstić information content (AvgIpc) is 3.07. The largest absolute Gasteiger partial charge is 0.348 e. The first kappa shape index (κ1) is 15.4. The zero-order chi connectivity index (χ0) is 14.9. The number of hydrogen-bond donors (Lipinski definition) is 1. The molecule has 0 aromatic carbocycles. The van der Waals surface area contributed by atoms with Crippen LogP contribution in [0.15, 0.2) is 17.2 Å². The second-order valence-corrected chi connectivity index (χ2v) is 7.93. The minimum atomic E-state index is -3.81. The molecule has 0 aliphatic heterocycles. The molecule has 1 fully saturated rings. The van der Waals surface area contributed by atoms with Gasteiger partial charge in [0.2, 0.25) is 0 Å². The number of aromatic nitrogens is 1. The number of amides is 1. The molecule has 20 heavy (non-hydrogen) atoms. The Bertz CT molecular complexity index is 605. The summed E-state index contributed by atoms with van der Waals surface area (Å²) < 4.78 is 24.0. The van der Waals surface area contributed by atoms with Gasteiger partial charge >= 0.3 is 0 Å². The van der Waals surface area contributed by atoms with Crippen molar-refractivity contribution in [3.05, 3.63) is 18.0 Å². The first-order chi connectivity index (χ1) is 9.31. The summed E-state index contributed by atoms with van der Waals surface area (Å²) in [5, 5.41) is 2.96. The van der Waals surface area contributed by atoms with Crippen LogP contribution >= 0.6 is 10.7 Å². The molecule has 112 valence electrons. The highest BCUT2D eigenvalue weighted by molar-refractivity contribution is 8.13. The minimum Gasteiger partial charge on any atom is -0.348 e. The molecule has 1 saturated carbocycles. The van der Waals surface area contributed by atoms with Gasteiger partial charge in [-0.1, -0.05) is 19.8 Å². The van der Waals surface area contributed by atoms with Gasteiger partial charge in [0, 0.05) is 30.0 Å². The SMILES string of the molecule is CCC(CC1CC1)NC(=O)c1cc(S(=O)(=O)Cl)cn1C. The molecule has 0 bridgehead atoms. The monoisotopic (exact) mass is 318 g/mol. The van der Waals surface area contributed by atoms with Crippen molar-refractivity contribution in [3.63, 3.8) is 0 Å². The van der Waals surface area contributed by atoms with E-state index in [2.05, 4.69) is 5.32 Å². The van der Waals surface area contributed by atoms with Gasteiger partial charge in [0.1, 0.15) is 10.6 Å². The van der Waals surface area contributed by atoms with Crippen LogP contribution in [0.5, 0.6) is 0 Å². The number of nitrogens with one attached hydrogen (secondary N) is 1. The predicted octanol–water partition coefficient (Wildman–Crippen LogP) is 2.26. The molecule has 0 saturated heterocycles. The van der Waals surface area contributed by atoms with Gasteiger partial charge in [-0.15, -0.1) is 0 Å². The van der Waals surface area contributed by atoms with Crippen molar-refractivity contribution in [3.8, 4) is 0 Å². The normalized spacial score (nSPS) is 16.9. The molecule has 1 aromatic rings. The van der Waals surface area contributed by atoms with E-state index in [4.69, 9.17) is 10.7 Å². The summed E-state index contributed by atoms with van der Waals surface area (Å²) in [4.78, 5) is 12.2. The lowest BCUT2D eigenvalue weighted by Crippen LogP contribution is -2.35. The van der Waals surface area contributed by atoms with E-state index in [1.54, 1.807) is 7.05 Å². The molecule has 0 spiro atoms. The summed E-state index contributed by atoms with van der Waals surface area (Å²) in [6.07, 6.45) is 5.69. The van der Waals surface area contributed by atoms with Crippen LogP contribution in [-0.2, 0) is 16.1 Å². The topological polar surface area (TPSA) is 68.2 Å². The van der Waals surface area contributed by atoms with Crippen LogP contribution in [0.2, 0.25) is 0 Å². The van der Waals surface area contributed by atoms with Gasteiger partial charge in [-0.2, -0.15) is 0 Å². The maximum Gasteiger partial charge on any atom is 0.268 e. The Morgan fingerprint density at radius 3 is 2.65 bits per heavy atom. The summed E-state index contributed by atoms with van der Waals surface area (Å²) in [5.74, 6) is 0.471. The van der Waals surface area contributed by atoms with Gasteiger partial charge in [0.05, 0.1) is 0 Å². The first-order valence-electron chi connectivity index (χ1n) is 6.73. The number of hydrogen-bond acceptors (Lipinski definition) is 3. The molecule has 1 N–H and O–H groups in total. The maximum atomic E-state index is 12.2. The zero-order valence-electron chi connectivity index (χ0n) is 11.6. The third kappa shape index (κ3) is 3.76. The van der Waals surface area contributed by atoms with Crippen LogP contribution in [0.25, 0.3) is 0 Å². The van der Waals surface area contributed by atoms with Crippen molar-refractivity contribution >= 4 is 25.6 Å². The van der Waals surface area contributed by atoms with E-state index in [0.717, 1.165) is 18.8 Å². The van der Waals surface area contributed by atoms with Crippen molar-refractivity contribution in [2.24, 2.45) is 13.0 Å². The summed E-state index contributed by atoms with van der Waals surface area (Å²) in [5.41, 5.74) is 0.304. The zero-order valence-corrected chi connectivity index (χ0v) is 13.2. The summed E-state index contributed by atoms with van der Waals surface area (Å²) in [7, 11) is 3.10. The van der Waals surface area contributed by atoms with Crippen molar-refractivity contribution in [1.29, 1.82) is 0 Å². The van der Waals surface area contributed by atoms with Crippen molar-refractivity contribution in [1.82, 2.24) is 9.88 Å². The third-order valence-corrected chi connectivity index (χ3v) is 4.96. The summed E-state index contributed by atoms with van der Waals surface area (Å²) in [6.45, 7) is 2.03. The number of carbonyl (C=O) groups is 1. The Labute approximate surface area is 123 Å². The fraction of sp³-hybridized carbons (Fsp3) is 0.615. The molecule has 1 amide bonds. The molecule has 1 aliphatic carbocycles. The van der Waals surface area contributed by atoms with Gasteiger partial charge in [0.25, 0.3) is 15.0 Å². The fourth-order valence-electron chi connectivity index (χ4n) is 2.24. The van der Waals surface area contributed by atoms with Gasteiger partial charge in [0.15, 0.2) is 0 Å². The molecule has 7 heteroatoms. The van der Waals surface area contributed by atoms with Crippen molar-refractivity contribution < 1.29 is 13.2 Å². The molecule has 0 radical (unpaired) electrons. The molecule has 1 unspecified atom stereocenters. The number of halogens is 1. The van der Waals surface area contributed by atoms with Gasteiger partial charge in [-0.25, -0.2) is 8.42 Å².